The third kappa shape index (κ3) is 4.99. The molecule has 2 saturated heterocycles. The lowest BCUT2D eigenvalue weighted by Gasteiger charge is -2.45. The molecule has 1 aromatic rings. The summed E-state index contributed by atoms with van der Waals surface area (Å²) in [5, 5.41) is 80.6. The highest BCUT2D eigenvalue weighted by Gasteiger charge is 2.51. The number of non-ortho nitro benzene ring substituents is 1. The fourth-order valence-corrected chi connectivity index (χ4v) is 3.43. The monoisotopic (exact) mass is 463 g/mol. The highest BCUT2D eigenvalue weighted by molar-refractivity contribution is 5.36. The van der Waals surface area contributed by atoms with Crippen molar-refractivity contribution in [1.82, 2.24) is 0 Å². The molecule has 0 unspecified atom stereocenters. The first-order chi connectivity index (χ1) is 15.2. The molecule has 0 amide bonds. The molecule has 0 radical (unpaired) electrons. The van der Waals surface area contributed by atoms with Gasteiger partial charge in [0, 0.05) is 12.1 Å². The summed E-state index contributed by atoms with van der Waals surface area (Å²) in [5.41, 5.74) is -0.199. The van der Waals surface area contributed by atoms with Crippen LogP contribution in [0.2, 0.25) is 0 Å². The highest BCUT2D eigenvalue weighted by atomic mass is 16.7. The minimum absolute atomic E-state index is 0.0688. The van der Waals surface area contributed by atoms with Gasteiger partial charge in [-0.1, -0.05) is 0 Å². The second kappa shape index (κ2) is 10.3. The Morgan fingerprint density at radius 1 is 0.812 bits per heavy atom. The highest BCUT2D eigenvalue weighted by Crippen LogP contribution is 2.30. The van der Waals surface area contributed by atoms with Crippen LogP contribution in [0.4, 0.5) is 5.69 Å². The van der Waals surface area contributed by atoms with Gasteiger partial charge in [0.2, 0.25) is 6.29 Å². The van der Waals surface area contributed by atoms with Crippen LogP contribution in [-0.4, -0.2) is 115 Å². The summed E-state index contributed by atoms with van der Waals surface area (Å²) in [6.07, 6.45) is -15.8. The van der Waals surface area contributed by atoms with Crippen molar-refractivity contribution in [3.63, 3.8) is 0 Å². The van der Waals surface area contributed by atoms with Crippen molar-refractivity contribution in [1.29, 1.82) is 0 Å². The van der Waals surface area contributed by atoms with Crippen LogP contribution in [0.25, 0.3) is 0 Å². The van der Waals surface area contributed by atoms with Gasteiger partial charge in [-0.15, -0.1) is 0 Å². The SMILES string of the molecule is O=[N+]([O-])c1ccc(O[C@@H]2O[C@H](CO)[C@@H](O)[C@H](O[C@@H]3O[C@H](CO)[C@H](O)[C@H](O)[C@H]3O)[C@@H]2O)cc1. The summed E-state index contributed by atoms with van der Waals surface area (Å²) in [7, 11) is 0. The van der Waals surface area contributed by atoms with Crippen LogP contribution in [0.5, 0.6) is 5.75 Å². The molecule has 2 aliphatic heterocycles. The molecule has 2 aliphatic rings. The number of aliphatic hydroxyl groups excluding tert-OH is 7. The first-order valence-electron chi connectivity index (χ1n) is 9.67. The quantitative estimate of drug-likeness (QED) is 0.155. The summed E-state index contributed by atoms with van der Waals surface area (Å²) in [5.74, 6) is 0.0688. The molecule has 32 heavy (non-hydrogen) atoms. The van der Waals surface area contributed by atoms with Gasteiger partial charge < -0.3 is 54.7 Å². The molecule has 14 heteroatoms. The fourth-order valence-electron chi connectivity index (χ4n) is 3.43. The van der Waals surface area contributed by atoms with Gasteiger partial charge in [-0.05, 0) is 12.1 Å². The summed E-state index contributed by atoms with van der Waals surface area (Å²) >= 11 is 0. The Labute approximate surface area is 180 Å². The zero-order chi connectivity index (χ0) is 23.6. The van der Waals surface area contributed by atoms with Crippen molar-refractivity contribution in [2.45, 2.75) is 61.4 Å². The van der Waals surface area contributed by atoms with Gasteiger partial charge in [0.25, 0.3) is 5.69 Å². The normalized spacial score (nSPS) is 40.1. The molecule has 0 spiro atoms. The minimum atomic E-state index is -1.79. The second-order valence-electron chi connectivity index (χ2n) is 7.37. The Morgan fingerprint density at radius 2 is 1.38 bits per heavy atom. The lowest BCUT2D eigenvalue weighted by Crippen LogP contribution is -2.65. The Kier molecular flexibility index (Phi) is 7.94. The van der Waals surface area contributed by atoms with E-state index in [2.05, 4.69) is 0 Å². The van der Waals surface area contributed by atoms with Crippen molar-refractivity contribution in [2.24, 2.45) is 0 Å². The Hall–Kier alpha value is -1.98. The molecular formula is C18H25NO13. The molecule has 0 aromatic heterocycles. The fraction of sp³-hybridized carbons (Fsp3) is 0.667. The second-order valence-corrected chi connectivity index (χ2v) is 7.37. The van der Waals surface area contributed by atoms with Crippen LogP contribution in [0.15, 0.2) is 24.3 Å². The first kappa shape index (κ1) is 24.7. The van der Waals surface area contributed by atoms with Crippen molar-refractivity contribution < 1.29 is 59.6 Å². The maximum Gasteiger partial charge on any atom is 0.269 e. The average Bonchev–Trinajstić information content (AvgIpc) is 2.78. The van der Waals surface area contributed by atoms with Crippen LogP contribution in [0.3, 0.4) is 0 Å². The van der Waals surface area contributed by atoms with Gasteiger partial charge in [0.1, 0.15) is 54.6 Å². The third-order valence-electron chi connectivity index (χ3n) is 5.26. The lowest BCUT2D eigenvalue weighted by atomic mass is 9.97. The van der Waals surface area contributed by atoms with Crippen LogP contribution in [0.1, 0.15) is 0 Å². The number of nitrogens with zero attached hydrogens (tertiary/aromatic N) is 1. The molecule has 3 rings (SSSR count). The lowest BCUT2D eigenvalue weighted by molar-refractivity contribution is -0.384. The van der Waals surface area contributed by atoms with E-state index in [1.807, 2.05) is 0 Å². The van der Waals surface area contributed by atoms with Gasteiger partial charge in [0.15, 0.2) is 6.29 Å². The molecule has 7 N–H and O–H groups in total. The van der Waals surface area contributed by atoms with Crippen LogP contribution >= 0.6 is 0 Å². The molecule has 0 aliphatic carbocycles. The number of ether oxygens (including phenoxy) is 4. The molecule has 1 aromatic carbocycles. The largest absolute Gasteiger partial charge is 0.462 e. The molecule has 180 valence electrons. The Balaban J connectivity index is 1.76. The van der Waals surface area contributed by atoms with E-state index in [0.29, 0.717) is 0 Å². The van der Waals surface area contributed by atoms with E-state index in [9.17, 15) is 45.9 Å². The third-order valence-corrected chi connectivity index (χ3v) is 5.26. The van der Waals surface area contributed by atoms with Crippen LogP contribution < -0.4 is 4.74 Å². The van der Waals surface area contributed by atoms with E-state index in [0.717, 1.165) is 12.1 Å². The van der Waals surface area contributed by atoms with E-state index >= 15 is 0 Å². The van der Waals surface area contributed by atoms with Gasteiger partial charge >= 0.3 is 0 Å². The number of aliphatic hydroxyl groups is 7. The van der Waals surface area contributed by atoms with Gasteiger partial charge in [-0.25, -0.2) is 0 Å². The molecule has 0 saturated carbocycles. The molecule has 2 heterocycles. The number of hydrogen-bond donors (Lipinski definition) is 7. The molecular weight excluding hydrogens is 438 g/mol. The van der Waals surface area contributed by atoms with Crippen LogP contribution in [0, 0.1) is 10.1 Å². The number of hydrogen-bond acceptors (Lipinski definition) is 13. The summed E-state index contributed by atoms with van der Waals surface area (Å²) in [6, 6.07) is 4.82. The predicted octanol–water partition coefficient (Wildman–Crippen LogP) is -3.40. The van der Waals surface area contributed by atoms with Crippen molar-refractivity contribution in [3.05, 3.63) is 34.4 Å². The topological polar surface area (TPSA) is 222 Å². The van der Waals surface area contributed by atoms with E-state index in [1.165, 1.54) is 12.1 Å². The molecule has 0 bridgehead atoms. The predicted molar refractivity (Wildman–Crippen MR) is 100 cm³/mol. The van der Waals surface area contributed by atoms with E-state index in [-0.39, 0.29) is 11.4 Å². The number of nitro groups is 1. The maximum absolute atomic E-state index is 10.8. The maximum atomic E-state index is 10.8. The van der Waals surface area contributed by atoms with Gasteiger partial charge in [-0.2, -0.15) is 0 Å². The van der Waals surface area contributed by atoms with Crippen LogP contribution in [-0.2, 0) is 14.2 Å². The molecule has 10 atom stereocenters. The van der Waals surface area contributed by atoms with E-state index in [4.69, 9.17) is 18.9 Å². The van der Waals surface area contributed by atoms with E-state index < -0.39 is 79.5 Å². The number of nitro benzene ring substituents is 1. The smallest absolute Gasteiger partial charge is 0.269 e. The number of benzene rings is 1. The minimum Gasteiger partial charge on any atom is -0.462 e. The average molecular weight is 463 g/mol. The zero-order valence-electron chi connectivity index (χ0n) is 16.5. The van der Waals surface area contributed by atoms with Gasteiger partial charge in [0.05, 0.1) is 18.1 Å². The molecule has 14 nitrogen and oxygen atoms in total. The zero-order valence-corrected chi connectivity index (χ0v) is 16.5. The summed E-state index contributed by atoms with van der Waals surface area (Å²) < 4.78 is 21.5. The summed E-state index contributed by atoms with van der Waals surface area (Å²) in [4.78, 5) is 10.2. The Morgan fingerprint density at radius 3 is 1.94 bits per heavy atom. The standard InChI is InChI=1S/C18H25NO13/c20-5-9-11(22)13(24)14(25)17(30-9)32-16-12(23)10(6-21)31-18(15(16)26)29-8-3-1-7(2-4-8)19(27)28/h1-4,9-18,20-26H,5-6H2/t9-,10-,11+,12-,13+,14-,15+,16+,17+,18-/m1/s1. The van der Waals surface area contributed by atoms with Crippen molar-refractivity contribution in [2.75, 3.05) is 13.2 Å². The van der Waals surface area contributed by atoms with Gasteiger partial charge in [-0.3, -0.25) is 10.1 Å². The molecule has 2 fully saturated rings. The first-order valence-corrected chi connectivity index (χ1v) is 9.67. The Bertz CT molecular complexity index is 762. The van der Waals surface area contributed by atoms with Crippen molar-refractivity contribution >= 4 is 5.69 Å². The summed E-state index contributed by atoms with van der Waals surface area (Å²) in [6.45, 7) is -1.42. The number of rotatable bonds is 7. The van der Waals surface area contributed by atoms with E-state index in [1.54, 1.807) is 0 Å². The van der Waals surface area contributed by atoms with Crippen molar-refractivity contribution in [3.8, 4) is 5.75 Å².